The van der Waals surface area contributed by atoms with Gasteiger partial charge in [-0.15, -0.1) is 0 Å². The van der Waals surface area contributed by atoms with Crippen LogP contribution in [0.2, 0.25) is 0 Å². The summed E-state index contributed by atoms with van der Waals surface area (Å²) in [5, 5.41) is 0. The van der Waals surface area contributed by atoms with E-state index in [4.69, 9.17) is 0 Å². The molecule has 0 aliphatic carbocycles. The Morgan fingerprint density at radius 3 is 1.24 bits per heavy atom. The Morgan fingerprint density at radius 2 is 1.00 bits per heavy atom. The van der Waals surface area contributed by atoms with Crippen LogP contribution in [0.4, 0.5) is 0 Å². The normalized spacial score (nSPS) is 13.8. The fraction of sp³-hybridized carbons (Fsp3) is 0.857. The molecule has 0 aliphatic heterocycles. The molecule has 0 N–H and O–H groups in total. The molecule has 0 spiro atoms. The number of allylic oxidation sites excluding steroid dienone is 2. The molecule has 29 heavy (non-hydrogen) atoms. The van der Waals surface area contributed by atoms with Crippen molar-refractivity contribution in [3.8, 4) is 0 Å². The van der Waals surface area contributed by atoms with E-state index < -0.39 is 0 Å². The van der Waals surface area contributed by atoms with Gasteiger partial charge in [0.05, 0.1) is 0 Å². The third kappa shape index (κ3) is 9.86. The van der Waals surface area contributed by atoms with E-state index in [1.165, 1.54) is 56.1 Å². The Morgan fingerprint density at radius 1 is 0.655 bits per heavy atom. The minimum atomic E-state index is 0.194. The molecule has 1 nitrogen and oxygen atoms in total. The van der Waals surface area contributed by atoms with Gasteiger partial charge >= 0.3 is 0 Å². The van der Waals surface area contributed by atoms with E-state index in [-0.39, 0.29) is 16.4 Å². The quantitative estimate of drug-likeness (QED) is 0.231. The lowest BCUT2D eigenvalue weighted by Crippen LogP contribution is -2.54. The van der Waals surface area contributed by atoms with Crippen molar-refractivity contribution in [2.45, 2.75) is 138 Å². The Hall–Kier alpha value is -0.560. The molecule has 0 fully saturated rings. The second-order valence-electron chi connectivity index (χ2n) is 12.4. The zero-order chi connectivity index (χ0) is 23.1. The second-order valence-corrected chi connectivity index (χ2v) is 12.4. The molecule has 0 amide bonds. The SMILES string of the molecule is C=C(CCCCC(CC)(CCCCC(=C)C(C)(C)C)N(C)C(C)(C)C)C(C)(C)C. The Bertz CT molecular complexity index is 470. The van der Waals surface area contributed by atoms with Gasteiger partial charge in [-0.25, -0.2) is 0 Å². The van der Waals surface area contributed by atoms with E-state index in [2.05, 4.69) is 94.3 Å². The molecule has 172 valence electrons. The van der Waals surface area contributed by atoms with Crippen molar-refractivity contribution in [2.75, 3.05) is 7.05 Å². The molecule has 0 heterocycles. The van der Waals surface area contributed by atoms with Crippen LogP contribution in [0, 0.1) is 10.8 Å². The van der Waals surface area contributed by atoms with Crippen LogP contribution < -0.4 is 0 Å². The standard InChI is InChI=1S/C28H55N/c1-14-28(29(13)27(10,11)12,21-17-15-19-23(2)25(4,5)6)22-18-16-20-24(3)26(7,8)9/h2-3,14-22H2,1,4-13H3. The minimum Gasteiger partial charge on any atom is -0.296 e. The molecule has 0 saturated heterocycles. The fourth-order valence-electron chi connectivity index (χ4n) is 4.10. The van der Waals surface area contributed by atoms with Gasteiger partial charge < -0.3 is 0 Å². The lowest BCUT2D eigenvalue weighted by atomic mass is 9.78. The predicted octanol–water partition coefficient (Wildman–Crippen LogP) is 9.19. The highest BCUT2D eigenvalue weighted by atomic mass is 15.2. The molecular formula is C28H55N. The Balaban J connectivity index is 4.99. The van der Waals surface area contributed by atoms with Crippen LogP contribution in [-0.4, -0.2) is 23.0 Å². The molecule has 0 aliphatic rings. The van der Waals surface area contributed by atoms with Crippen molar-refractivity contribution in [2.24, 2.45) is 10.8 Å². The molecule has 1 heteroatoms. The van der Waals surface area contributed by atoms with Gasteiger partial charge in [0.15, 0.2) is 0 Å². The molecule has 0 unspecified atom stereocenters. The molecule has 0 atom stereocenters. The van der Waals surface area contributed by atoms with Crippen molar-refractivity contribution in [3.05, 3.63) is 24.3 Å². The van der Waals surface area contributed by atoms with Crippen LogP contribution in [0.25, 0.3) is 0 Å². The first kappa shape index (κ1) is 28.4. The van der Waals surface area contributed by atoms with E-state index in [9.17, 15) is 0 Å². The first-order valence-corrected chi connectivity index (χ1v) is 12.1. The largest absolute Gasteiger partial charge is 0.296 e. The summed E-state index contributed by atoms with van der Waals surface area (Å²) >= 11 is 0. The van der Waals surface area contributed by atoms with Crippen LogP contribution in [0.15, 0.2) is 24.3 Å². The molecule has 0 rings (SSSR count). The van der Waals surface area contributed by atoms with Crippen LogP contribution in [0.3, 0.4) is 0 Å². The first-order chi connectivity index (χ1) is 13.0. The van der Waals surface area contributed by atoms with Gasteiger partial charge in [-0.05, 0) is 83.6 Å². The van der Waals surface area contributed by atoms with Crippen molar-refractivity contribution in [1.29, 1.82) is 0 Å². The predicted molar refractivity (Wildman–Crippen MR) is 135 cm³/mol. The summed E-state index contributed by atoms with van der Waals surface area (Å²) in [6.45, 7) is 31.8. The second kappa shape index (κ2) is 11.2. The zero-order valence-electron chi connectivity index (χ0n) is 22.2. The number of unbranched alkanes of at least 4 members (excludes halogenated alkanes) is 2. The summed E-state index contributed by atoms with van der Waals surface area (Å²) in [7, 11) is 2.35. The molecular weight excluding hydrogens is 350 g/mol. The van der Waals surface area contributed by atoms with E-state index in [1.807, 2.05) is 0 Å². The molecule has 0 aromatic rings. The summed E-state index contributed by atoms with van der Waals surface area (Å²) in [4.78, 5) is 2.68. The van der Waals surface area contributed by atoms with Gasteiger partial charge in [0.2, 0.25) is 0 Å². The van der Waals surface area contributed by atoms with Gasteiger partial charge in [0.25, 0.3) is 0 Å². The average Bonchev–Trinajstić information content (AvgIpc) is 2.57. The Kier molecular flexibility index (Phi) is 11.0. The van der Waals surface area contributed by atoms with E-state index in [0.717, 1.165) is 12.8 Å². The van der Waals surface area contributed by atoms with Crippen molar-refractivity contribution in [3.63, 3.8) is 0 Å². The van der Waals surface area contributed by atoms with Gasteiger partial charge in [0.1, 0.15) is 0 Å². The van der Waals surface area contributed by atoms with E-state index in [0.29, 0.717) is 5.54 Å². The van der Waals surface area contributed by atoms with E-state index >= 15 is 0 Å². The first-order valence-electron chi connectivity index (χ1n) is 12.1. The van der Waals surface area contributed by atoms with Crippen molar-refractivity contribution >= 4 is 0 Å². The highest BCUT2D eigenvalue weighted by Gasteiger charge is 2.37. The number of nitrogens with zero attached hydrogens (tertiary/aromatic N) is 1. The molecule has 0 aromatic heterocycles. The lowest BCUT2D eigenvalue weighted by molar-refractivity contribution is 0.0110. The van der Waals surface area contributed by atoms with Gasteiger partial charge in [-0.2, -0.15) is 0 Å². The molecule has 0 bridgehead atoms. The molecule has 0 aromatic carbocycles. The molecule has 0 radical (unpaired) electrons. The van der Waals surface area contributed by atoms with Crippen LogP contribution in [-0.2, 0) is 0 Å². The number of hydrogen-bond acceptors (Lipinski definition) is 1. The number of rotatable bonds is 12. The highest BCUT2D eigenvalue weighted by Crippen LogP contribution is 2.37. The minimum absolute atomic E-state index is 0.194. The Labute approximate surface area is 185 Å². The molecule has 0 saturated carbocycles. The summed E-state index contributed by atoms with van der Waals surface area (Å²) in [6, 6.07) is 0. The smallest absolute Gasteiger partial charge is 0.0209 e. The van der Waals surface area contributed by atoms with Crippen LogP contribution in [0.5, 0.6) is 0 Å². The maximum absolute atomic E-state index is 4.33. The third-order valence-corrected chi connectivity index (χ3v) is 7.24. The highest BCUT2D eigenvalue weighted by molar-refractivity contribution is 5.06. The summed E-state index contributed by atoms with van der Waals surface area (Å²) in [5.74, 6) is 0. The van der Waals surface area contributed by atoms with Crippen molar-refractivity contribution < 1.29 is 0 Å². The van der Waals surface area contributed by atoms with E-state index in [1.54, 1.807) is 0 Å². The van der Waals surface area contributed by atoms with Crippen LogP contribution in [0.1, 0.15) is 127 Å². The monoisotopic (exact) mass is 405 g/mol. The topological polar surface area (TPSA) is 3.24 Å². The fourth-order valence-corrected chi connectivity index (χ4v) is 4.10. The maximum Gasteiger partial charge on any atom is 0.0209 e. The summed E-state index contributed by atoms with van der Waals surface area (Å²) in [5.41, 5.74) is 3.75. The lowest BCUT2D eigenvalue weighted by Gasteiger charge is -2.49. The van der Waals surface area contributed by atoms with Gasteiger partial charge in [-0.3, -0.25) is 4.90 Å². The van der Waals surface area contributed by atoms with Crippen molar-refractivity contribution in [1.82, 2.24) is 4.90 Å². The van der Waals surface area contributed by atoms with Gasteiger partial charge in [0, 0.05) is 11.1 Å². The third-order valence-electron chi connectivity index (χ3n) is 7.24. The van der Waals surface area contributed by atoms with Crippen LogP contribution >= 0.6 is 0 Å². The van der Waals surface area contributed by atoms with Gasteiger partial charge in [-0.1, -0.05) is 85.6 Å². The summed E-state index contributed by atoms with van der Waals surface area (Å²) < 4.78 is 0. The number of hydrogen-bond donors (Lipinski definition) is 0. The zero-order valence-corrected chi connectivity index (χ0v) is 22.2. The summed E-state index contributed by atoms with van der Waals surface area (Å²) in [6.07, 6.45) is 11.2. The average molecular weight is 406 g/mol. The maximum atomic E-state index is 4.33.